The van der Waals surface area contributed by atoms with Crippen LogP contribution in [0, 0.1) is 0 Å². The van der Waals surface area contributed by atoms with E-state index in [1.54, 1.807) is 13.0 Å². The molecule has 0 unspecified atom stereocenters. The molecule has 1 atom stereocenters. The molecule has 1 aliphatic rings. The van der Waals surface area contributed by atoms with Gasteiger partial charge in [-0.25, -0.2) is 0 Å². The Bertz CT molecular complexity index is 994. The summed E-state index contributed by atoms with van der Waals surface area (Å²) in [5.74, 6) is 0.188. The molecule has 1 aliphatic heterocycles. The fourth-order valence-corrected chi connectivity index (χ4v) is 3.19. The van der Waals surface area contributed by atoms with Crippen molar-refractivity contribution in [2.45, 2.75) is 13.0 Å². The van der Waals surface area contributed by atoms with E-state index < -0.39 is 6.10 Å². The highest BCUT2D eigenvalue weighted by molar-refractivity contribution is 6.11. The van der Waals surface area contributed by atoms with Crippen LogP contribution in [-0.4, -0.2) is 24.5 Å². The first-order valence-corrected chi connectivity index (χ1v) is 8.48. The molecule has 0 radical (unpaired) electrons. The number of para-hydroxylation sites is 2. The number of ether oxygens (including phenoxy) is 1. The average molecular weight is 346 g/mol. The first-order valence-electron chi connectivity index (χ1n) is 8.48. The number of nitrogens with zero attached hydrogens (tertiary/aromatic N) is 1. The molecular weight excluding hydrogens is 328 g/mol. The maximum absolute atomic E-state index is 13.0. The van der Waals surface area contributed by atoms with Crippen molar-refractivity contribution in [3.05, 3.63) is 66.7 Å². The Morgan fingerprint density at radius 2 is 1.77 bits per heavy atom. The molecule has 0 spiro atoms. The maximum atomic E-state index is 13.0. The Morgan fingerprint density at radius 3 is 2.65 bits per heavy atom. The van der Waals surface area contributed by atoms with Gasteiger partial charge in [0, 0.05) is 5.39 Å². The number of nitrogens with one attached hydrogen (secondary N) is 1. The molecule has 0 saturated heterocycles. The van der Waals surface area contributed by atoms with Crippen molar-refractivity contribution in [2.24, 2.45) is 0 Å². The van der Waals surface area contributed by atoms with Crippen LogP contribution < -0.4 is 15.0 Å². The third kappa shape index (κ3) is 2.88. The van der Waals surface area contributed by atoms with Gasteiger partial charge >= 0.3 is 0 Å². The van der Waals surface area contributed by atoms with Crippen LogP contribution in [0.3, 0.4) is 0 Å². The number of carbonyl (C=O) groups excluding carboxylic acids is 2. The molecule has 3 aromatic carbocycles. The molecule has 0 aliphatic carbocycles. The average Bonchev–Trinajstić information content (AvgIpc) is 2.67. The van der Waals surface area contributed by atoms with E-state index in [9.17, 15) is 9.59 Å². The lowest BCUT2D eigenvalue weighted by Gasteiger charge is -2.31. The van der Waals surface area contributed by atoms with Gasteiger partial charge in [-0.3, -0.25) is 14.5 Å². The number of benzene rings is 3. The number of amides is 2. The Hall–Kier alpha value is -3.34. The molecule has 0 saturated carbocycles. The van der Waals surface area contributed by atoms with Crippen molar-refractivity contribution < 1.29 is 14.3 Å². The number of carbonyl (C=O) groups is 2. The van der Waals surface area contributed by atoms with E-state index in [2.05, 4.69) is 5.32 Å². The van der Waals surface area contributed by atoms with Gasteiger partial charge in [-0.05, 0) is 30.5 Å². The van der Waals surface area contributed by atoms with E-state index in [1.165, 1.54) is 4.90 Å². The smallest absolute Gasteiger partial charge is 0.268 e. The second-order valence-electron chi connectivity index (χ2n) is 6.23. The molecule has 26 heavy (non-hydrogen) atoms. The largest absolute Gasteiger partial charge is 0.480 e. The van der Waals surface area contributed by atoms with Crippen LogP contribution in [0.4, 0.5) is 11.4 Å². The van der Waals surface area contributed by atoms with Crippen LogP contribution >= 0.6 is 0 Å². The molecule has 130 valence electrons. The lowest BCUT2D eigenvalue weighted by atomic mass is 10.1. The SMILES string of the molecule is C[C@H](Oc1cccc2ccccc12)C(=O)N1CC(=O)Nc2ccccc21. The summed E-state index contributed by atoms with van der Waals surface area (Å²) in [6.45, 7) is 1.69. The number of rotatable bonds is 3. The van der Waals surface area contributed by atoms with Gasteiger partial charge in [0.05, 0.1) is 11.4 Å². The zero-order chi connectivity index (χ0) is 18.1. The third-order valence-electron chi connectivity index (χ3n) is 4.44. The number of fused-ring (bicyclic) bond motifs is 2. The van der Waals surface area contributed by atoms with Crippen molar-refractivity contribution >= 4 is 34.0 Å². The minimum atomic E-state index is -0.722. The van der Waals surface area contributed by atoms with Gasteiger partial charge in [-0.1, -0.05) is 48.5 Å². The lowest BCUT2D eigenvalue weighted by Crippen LogP contribution is -2.47. The number of anilines is 2. The minimum Gasteiger partial charge on any atom is -0.480 e. The Labute approximate surface area is 151 Å². The van der Waals surface area contributed by atoms with Gasteiger partial charge in [0.25, 0.3) is 5.91 Å². The predicted molar refractivity (Wildman–Crippen MR) is 101 cm³/mol. The quantitative estimate of drug-likeness (QED) is 0.788. The summed E-state index contributed by atoms with van der Waals surface area (Å²) in [4.78, 5) is 26.4. The third-order valence-corrected chi connectivity index (χ3v) is 4.44. The monoisotopic (exact) mass is 346 g/mol. The number of hydrogen-bond acceptors (Lipinski definition) is 3. The topological polar surface area (TPSA) is 58.6 Å². The van der Waals surface area contributed by atoms with E-state index in [0.717, 1.165) is 10.8 Å². The Morgan fingerprint density at radius 1 is 1.04 bits per heavy atom. The maximum Gasteiger partial charge on any atom is 0.268 e. The molecule has 3 aromatic rings. The summed E-state index contributed by atoms with van der Waals surface area (Å²) in [5, 5.41) is 4.78. The molecule has 0 fully saturated rings. The van der Waals surface area contributed by atoms with Crippen LogP contribution in [0.2, 0.25) is 0 Å². The Balaban J connectivity index is 1.61. The lowest BCUT2D eigenvalue weighted by molar-refractivity contribution is -0.126. The molecule has 4 rings (SSSR count). The van der Waals surface area contributed by atoms with Gasteiger partial charge in [0.2, 0.25) is 5.91 Å². The summed E-state index contributed by atoms with van der Waals surface area (Å²) >= 11 is 0. The van der Waals surface area contributed by atoms with Gasteiger partial charge in [-0.2, -0.15) is 0 Å². The normalized spacial score (nSPS) is 14.5. The van der Waals surface area contributed by atoms with Crippen LogP contribution in [-0.2, 0) is 9.59 Å². The summed E-state index contributed by atoms with van der Waals surface area (Å²) < 4.78 is 5.97. The summed E-state index contributed by atoms with van der Waals surface area (Å²) in [6.07, 6.45) is -0.722. The Kier molecular flexibility index (Phi) is 4.05. The summed E-state index contributed by atoms with van der Waals surface area (Å²) in [6, 6.07) is 20.9. The van der Waals surface area contributed by atoms with Crippen molar-refractivity contribution in [1.82, 2.24) is 0 Å². The highest BCUT2D eigenvalue weighted by atomic mass is 16.5. The van der Waals surface area contributed by atoms with E-state index in [1.807, 2.05) is 60.7 Å². The fraction of sp³-hybridized carbons (Fsp3) is 0.143. The van der Waals surface area contributed by atoms with E-state index in [0.29, 0.717) is 17.1 Å². The van der Waals surface area contributed by atoms with E-state index >= 15 is 0 Å². The summed E-state index contributed by atoms with van der Waals surface area (Å²) in [5.41, 5.74) is 1.32. The zero-order valence-electron chi connectivity index (χ0n) is 14.3. The zero-order valence-corrected chi connectivity index (χ0v) is 14.3. The first-order chi connectivity index (χ1) is 12.6. The van der Waals surface area contributed by atoms with Crippen LogP contribution in [0.5, 0.6) is 5.75 Å². The second-order valence-corrected chi connectivity index (χ2v) is 6.23. The van der Waals surface area contributed by atoms with Gasteiger partial charge in [-0.15, -0.1) is 0 Å². The molecule has 0 aromatic heterocycles. The molecule has 0 bridgehead atoms. The fourth-order valence-electron chi connectivity index (χ4n) is 3.19. The number of hydrogen-bond donors (Lipinski definition) is 1. The van der Waals surface area contributed by atoms with E-state index in [-0.39, 0.29) is 18.4 Å². The van der Waals surface area contributed by atoms with Crippen LogP contribution in [0.25, 0.3) is 10.8 Å². The predicted octanol–water partition coefficient (Wildman–Crippen LogP) is 3.59. The molecular formula is C21H18N2O3. The van der Waals surface area contributed by atoms with Gasteiger partial charge in [0.1, 0.15) is 12.3 Å². The highest BCUT2D eigenvalue weighted by Gasteiger charge is 2.30. The standard InChI is InChI=1S/C21H18N2O3/c1-14(26-19-12-6-8-15-7-2-3-9-16(15)19)21(25)23-13-20(24)22-17-10-4-5-11-18(17)23/h2-12,14H,13H2,1H3,(H,22,24)/t14-/m0/s1. The van der Waals surface area contributed by atoms with Crippen LogP contribution in [0.15, 0.2) is 66.7 Å². The second kappa shape index (κ2) is 6.52. The summed E-state index contributed by atoms with van der Waals surface area (Å²) in [7, 11) is 0. The van der Waals surface area contributed by atoms with Gasteiger partial charge < -0.3 is 10.1 Å². The molecule has 1 N–H and O–H groups in total. The van der Waals surface area contributed by atoms with E-state index in [4.69, 9.17) is 4.74 Å². The highest BCUT2D eigenvalue weighted by Crippen LogP contribution is 2.31. The van der Waals surface area contributed by atoms with Crippen molar-refractivity contribution in [3.63, 3.8) is 0 Å². The van der Waals surface area contributed by atoms with Crippen LogP contribution in [0.1, 0.15) is 6.92 Å². The molecule has 5 heteroatoms. The van der Waals surface area contributed by atoms with Crippen molar-refractivity contribution in [1.29, 1.82) is 0 Å². The van der Waals surface area contributed by atoms with Gasteiger partial charge in [0.15, 0.2) is 6.10 Å². The molecule has 2 amide bonds. The molecule has 5 nitrogen and oxygen atoms in total. The van der Waals surface area contributed by atoms with Crippen molar-refractivity contribution in [3.8, 4) is 5.75 Å². The molecule has 1 heterocycles. The minimum absolute atomic E-state index is 0.0148. The van der Waals surface area contributed by atoms with Crippen molar-refractivity contribution in [2.75, 3.05) is 16.8 Å². The first kappa shape index (κ1) is 16.1.